The molecule has 12 heteroatoms. The summed E-state index contributed by atoms with van der Waals surface area (Å²) >= 11 is 0. The number of primary amides is 1. The molecule has 3 N–H and O–H groups in total. The molecule has 62 heavy (non-hydrogen) atoms. The fraction of sp³-hybridized carbons (Fsp3) is 0.340. The van der Waals surface area contributed by atoms with Gasteiger partial charge in [-0.1, -0.05) is 113 Å². The molecule has 0 saturated carbocycles. The maximum atomic E-state index is 13.4. The summed E-state index contributed by atoms with van der Waals surface area (Å²) in [6.07, 6.45) is 5.96. The molecule has 5 aromatic rings. The minimum absolute atomic E-state index is 0.0463. The highest BCUT2D eigenvalue weighted by atomic mass is 19.4. The van der Waals surface area contributed by atoms with Crippen molar-refractivity contribution in [2.24, 2.45) is 11.7 Å². The van der Waals surface area contributed by atoms with Gasteiger partial charge in [0.05, 0.1) is 31.9 Å². The van der Waals surface area contributed by atoms with Crippen molar-refractivity contribution in [2.45, 2.75) is 92.8 Å². The number of amides is 1. The summed E-state index contributed by atoms with van der Waals surface area (Å²) in [6, 6.07) is 23.8. The normalized spacial score (nSPS) is 11.3. The van der Waals surface area contributed by atoms with Crippen LogP contribution in [0, 0.1) is 18.7 Å². The number of hydrogen-bond donors (Lipinski definition) is 2. The SMILES string of the molecule is C=C(C)c1cc(C)c(C(N)=O)c(F)c1.CCC(F)(F)F.CCC/C=C\C(C)CC.COc1cc(Cn2ccccc2=O)cc(OC)c1-c1cccc2c(CCC(=O)O)cccc12. The molecule has 0 spiro atoms. The topological polar surface area (TPSA) is 121 Å². The number of alkyl halides is 3. The number of allylic oxidation sites excluding steroid dienone is 3. The molecule has 1 heterocycles. The Hall–Kier alpha value is -6.17. The molecule has 4 aromatic carbocycles. The van der Waals surface area contributed by atoms with Crippen molar-refractivity contribution < 1.29 is 41.7 Å². The van der Waals surface area contributed by atoms with Crippen LogP contribution in [0.2, 0.25) is 0 Å². The second-order valence-corrected chi connectivity index (χ2v) is 14.6. The Morgan fingerprint density at radius 1 is 0.935 bits per heavy atom. The van der Waals surface area contributed by atoms with E-state index in [9.17, 15) is 31.9 Å². The van der Waals surface area contributed by atoms with E-state index in [0.29, 0.717) is 35.6 Å². The molecule has 1 aromatic heterocycles. The lowest BCUT2D eigenvalue weighted by molar-refractivity contribution is -0.137. The molecule has 334 valence electrons. The van der Waals surface area contributed by atoms with Crippen molar-refractivity contribution in [2.75, 3.05) is 14.2 Å². The van der Waals surface area contributed by atoms with Gasteiger partial charge in [0.2, 0.25) is 0 Å². The summed E-state index contributed by atoms with van der Waals surface area (Å²) in [5.74, 6) is -0.103. The van der Waals surface area contributed by atoms with E-state index in [4.69, 9.17) is 20.3 Å². The first kappa shape index (κ1) is 52.0. The number of aliphatic carboxylic acids is 1. The second-order valence-electron chi connectivity index (χ2n) is 14.6. The number of halogens is 4. The van der Waals surface area contributed by atoms with Gasteiger partial charge in [0.1, 0.15) is 17.3 Å². The number of ether oxygens (including phenoxy) is 2. The number of carbonyl (C=O) groups excluding carboxylic acids is 1. The predicted octanol–water partition coefficient (Wildman–Crippen LogP) is 12.4. The number of carbonyl (C=O) groups is 2. The Kier molecular flexibility index (Phi) is 21.4. The van der Waals surface area contributed by atoms with E-state index < -0.39 is 30.3 Å². The largest absolute Gasteiger partial charge is 0.496 e. The van der Waals surface area contributed by atoms with Gasteiger partial charge in [-0.2, -0.15) is 13.2 Å². The molecule has 0 saturated heterocycles. The first-order valence-electron chi connectivity index (χ1n) is 20.4. The van der Waals surface area contributed by atoms with Crippen LogP contribution in [0.4, 0.5) is 17.6 Å². The number of unbranched alkanes of at least 4 members (excludes halogenated alkanes) is 1. The summed E-state index contributed by atoms with van der Waals surface area (Å²) in [5, 5.41) is 11.1. The van der Waals surface area contributed by atoms with E-state index in [2.05, 4.69) is 39.5 Å². The Balaban J connectivity index is 0.000000372. The Morgan fingerprint density at radius 2 is 1.55 bits per heavy atom. The zero-order valence-electron chi connectivity index (χ0n) is 37.0. The molecule has 0 fully saturated rings. The van der Waals surface area contributed by atoms with Crippen molar-refractivity contribution in [3.8, 4) is 22.6 Å². The third-order valence-electron chi connectivity index (χ3n) is 9.70. The van der Waals surface area contributed by atoms with Crippen LogP contribution in [0.3, 0.4) is 0 Å². The minimum atomic E-state index is -3.96. The van der Waals surface area contributed by atoms with E-state index in [0.717, 1.165) is 51.4 Å². The molecule has 5 rings (SSSR count). The predicted molar refractivity (Wildman–Crippen MR) is 242 cm³/mol. The molecule has 0 aliphatic rings. The van der Waals surface area contributed by atoms with Gasteiger partial charge in [-0.15, -0.1) is 0 Å². The molecule has 1 atom stereocenters. The third kappa shape index (κ3) is 16.4. The summed E-state index contributed by atoms with van der Waals surface area (Å²) in [4.78, 5) is 34.1. The number of carboxylic acid groups (broad SMARTS) is 1. The highest BCUT2D eigenvalue weighted by molar-refractivity contribution is 6.01. The lowest BCUT2D eigenvalue weighted by Crippen LogP contribution is -2.18. The van der Waals surface area contributed by atoms with Gasteiger partial charge >= 0.3 is 12.1 Å². The maximum Gasteiger partial charge on any atom is 0.388 e. The smallest absolute Gasteiger partial charge is 0.388 e. The lowest BCUT2D eigenvalue weighted by Gasteiger charge is -2.18. The average molecular weight is 861 g/mol. The number of hydrogen-bond acceptors (Lipinski definition) is 5. The van der Waals surface area contributed by atoms with Gasteiger partial charge in [-0.3, -0.25) is 14.4 Å². The molecule has 8 nitrogen and oxygen atoms in total. The fourth-order valence-electron chi connectivity index (χ4n) is 6.10. The summed E-state index contributed by atoms with van der Waals surface area (Å²) in [6.45, 7) is 15.3. The third-order valence-corrected chi connectivity index (χ3v) is 9.70. The summed E-state index contributed by atoms with van der Waals surface area (Å²) in [7, 11) is 3.22. The van der Waals surface area contributed by atoms with Crippen LogP contribution in [0.25, 0.3) is 27.5 Å². The number of methoxy groups -OCH3 is 2. The number of pyridine rings is 1. The van der Waals surface area contributed by atoms with Gasteiger partial charge in [-0.25, -0.2) is 4.39 Å². The molecule has 0 radical (unpaired) electrons. The molecule has 0 aliphatic heterocycles. The Bertz CT molecular complexity index is 2300. The van der Waals surface area contributed by atoms with Gasteiger partial charge in [-0.05, 0) is 95.5 Å². The number of nitrogens with two attached hydrogens (primary N) is 1. The molecule has 0 bridgehead atoms. The monoisotopic (exact) mass is 860 g/mol. The quantitative estimate of drug-likeness (QED) is 0.0847. The van der Waals surface area contributed by atoms with Crippen LogP contribution in [-0.2, 0) is 17.8 Å². The van der Waals surface area contributed by atoms with Gasteiger partial charge in [0.25, 0.3) is 11.5 Å². The van der Waals surface area contributed by atoms with Crippen molar-refractivity contribution in [3.63, 3.8) is 0 Å². The number of carboxylic acids is 1. The number of benzene rings is 4. The second kappa shape index (κ2) is 25.6. The lowest BCUT2D eigenvalue weighted by atomic mass is 9.92. The average Bonchev–Trinajstić information content (AvgIpc) is 3.23. The van der Waals surface area contributed by atoms with Gasteiger partial charge in [0.15, 0.2) is 0 Å². The highest BCUT2D eigenvalue weighted by Crippen LogP contribution is 2.43. The van der Waals surface area contributed by atoms with E-state index in [1.807, 2.05) is 54.6 Å². The van der Waals surface area contributed by atoms with Crippen molar-refractivity contribution in [1.82, 2.24) is 4.57 Å². The molecule has 1 unspecified atom stereocenters. The molecular formula is C50H60F4N2O6. The van der Waals surface area contributed by atoms with Crippen LogP contribution < -0.4 is 20.8 Å². The zero-order chi connectivity index (χ0) is 46.6. The van der Waals surface area contributed by atoms with Crippen molar-refractivity contribution in [3.05, 3.63) is 148 Å². The van der Waals surface area contributed by atoms with E-state index in [1.54, 1.807) is 51.0 Å². The van der Waals surface area contributed by atoms with Crippen molar-refractivity contribution in [1.29, 1.82) is 0 Å². The maximum absolute atomic E-state index is 13.4. The molecule has 1 amide bonds. The number of nitrogens with zero attached hydrogens (tertiary/aromatic N) is 1. The first-order valence-corrected chi connectivity index (χ1v) is 20.4. The van der Waals surface area contributed by atoms with Crippen LogP contribution in [0.15, 0.2) is 109 Å². The molecular weight excluding hydrogens is 801 g/mol. The van der Waals surface area contributed by atoms with E-state index in [-0.39, 0.29) is 17.5 Å². The Morgan fingerprint density at radius 3 is 2.05 bits per heavy atom. The fourth-order valence-corrected chi connectivity index (χ4v) is 6.10. The van der Waals surface area contributed by atoms with Crippen LogP contribution in [-0.4, -0.2) is 41.9 Å². The van der Waals surface area contributed by atoms with E-state index >= 15 is 0 Å². The summed E-state index contributed by atoms with van der Waals surface area (Å²) < 4.78 is 58.9. The molecule has 0 aliphatic carbocycles. The van der Waals surface area contributed by atoms with E-state index in [1.165, 1.54) is 31.4 Å². The number of aryl methyl sites for hydroxylation is 2. The Labute approximate surface area is 362 Å². The van der Waals surface area contributed by atoms with Crippen molar-refractivity contribution >= 4 is 28.2 Å². The number of fused-ring (bicyclic) bond motifs is 1. The number of aromatic nitrogens is 1. The minimum Gasteiger partial charge on any atom is -0.496 e. The standard InChI is InChI=1S/C27H25NO5.C11H12FNO.C9H18.C3H5F3/c1-32-23-15-18(17-28-14-4-3-11-25(28)29)16-24(33-2)27(23)22-10-6-8-20-19(12-13-26(30)31)7-5-9-21(20)22;1-6(2)8-4-7(3)10(11(13)14)9(12)5-8;1-4-6-7-8-9(3)5-2;1-2-3(4,5)6/h3-11,14-16H,12-13,17H2,1-2H3,(H,30,31);4-5H,1H2,2-3H3,(H2,13,14);7-9H,4-6H2,1-3H3;2H2,1H3/b;;8-7-;. The highest BCUT2D eigenvalue weighted by Gasteiger charge is 2.22. The van der Waals surface area contributed by atoms with Crippen LogP contribution >= 0.6 is 0 Å². The van der Waals surface area contributed by atoms with Gasteiger partial charge in [0, 0.05) is 25.1 Å². The van der Waals surface area contributed by atoms with Crippen LogP contribution in [0.1, 0.15) is 99.3 Å². The summed E-state index contributed by atoms with van der Waals surface area (Å²) in [5.41, 5.74) is 10.5. The van der Waals surface area contributed by atoms with Crippen LogP contribution in [0.5, 0.6) is 11.5 Å². The zero-order valence-corrected chi connectivity index (χ0v) is 37.0. The number of rotatable bonds is 14. The van der Waals surface area contributed by atoms with Gasteiger partial charge < -0.3 is 24.9 Å². The first-order chi connectivity index (χ1) is 29.3.